The van der Waals surface area contributed by atoms with Gasteiger partial charge >= 0.3 is 44.3 Å². The van der Waals surface area contributed by atoms with Gasteiger partial charge in [0.05, 0.1) is 0 Å². The summed E-state index contributed by atoms with van der Waals surface area (Å²) in [5.74, 6) is 0. The van der Waals surface area contributed by atoms with Crippen LogP contribution in [0.4, 0.5) is 0 Å². The van der Waals surface area contributed by atoms with Crippen LogP contribution in [0.15, 0.2) is 0 Å². The van der Waals surface area contributed by atoms with E-state index in [9.17, 15) is 0 Å². The topological polar surface area (TPSA) is 138 Å². The molecule has 3 rings (SSSR count). The average Bonchev–Trinajstić information content (AvgIpc) is 2.93. The van der Waals surface area contributed by atoms with Crippen molar-refractivity contribution in [1.29, 1.82) is 0 Å². The molecule has 0 radical (unpaired) electrons. The summed E-state index contributed by atoms with van der Waals surface area (Å²) in [6, 6.07) is 5.11. The van der Waals surface area contributed by atoms with Crippen molar-refractivity contribution in [2.45, 2.75) is 148 Å². The lowest BCUT2D eigenvalue weighted by atomic mass is 10.9. The van der Waals surface area contributed by atoms with Gasteiger partial charge in [0.15, 0.2) is 16.6 Å². The first-order valence-electron chi connectivity index (χ1n) is 19.7. The van der Waals surface area contributed by atoms with Gasteiger partial charge in [-0.05, 0) is 148 Å². The van der Waals surface area contributed by atoms with Gasteiger partial charge in [0.25, 0.3) is 83.6 Å². The SMILES string of the molecule is C[SiH]1O[SiH](C)O[SiH](CC[Si](C)(C)O[Si](C)(C)O[Si](C)(CC[Si]2(C)O[SiH](C)O[SiH](C)O[SiH](C)O2)O[Si](C)(C)CC[SiH]2O[SiH](C)O[SiH](C)O[SiH](C)O2)O[SiH](C)O1. The van der Waals surface area contributed by atoms with Crippen LogP contribution in [0.5, 0.6) is 0 Å². The Balaban J connectivity index is 1.76. The normalized spacial score (nSPS) is 38.3. The van der Waals surface area contributed by atoms with Crippen LogP contribution in [0.3, 0.4) is 0 Å². The van der Waals surface area contributed by atoms with E-state index in [1.807, 2.05) is 0 Å². The molecule has 0 saturated carbocycles. The Morgan fingerprint density at radius 1 is 0.407 bits per heavy atom. The van der Waals surface area contributed by atoms with Crippen LogP contribution in [0.25, 0.3) is 0 Å². The van der Waals surface area contributed by atoms with E-state index in [2.05, 4.69) is 111 Å². The van der Waals surface area contributed by atoms with Crippen LogP contribution < -0.4 is 0 Å². The lowest BCUT2D eigenvalue weighted by Gasteiger charge is -2.44. The van der Waals surface area contributed by atoms with Crippen molar-refractivity contribution in [3.63, 3.8) is 0 Å². The molecule has 7 unspecified atom stereocenters. The minimum absolute atomic E-state index is 0.749. The Bertz CT molecular complexity index is 1100. The maximum absolute atomic E-state index is 7.40. The number of rotatable bonds is 15. The molecule has 0 spiro atoms. The smallest absolute Gasteiger partial charge is 0.316 e. The first kappa shape index (κ1) is 51.2. The molecule has 7 atom stereocenters. The third-order valence-electron chi connectivity index (χ3n) is 8.98. The lowest BCUT2D eigenvalue weighted by molar-refractivity contribution is 0.272. The maximum Gasteiger partial charge on any atom is 0.316 e. The van der Waals surface area contributed by atoms with Crippen LogP contribution in [-0.2, 0) is 61.7 Å². The number of hydrogen-bond donors (Lipinski definition) is 0. The molecule has 0 aliphatic carbocycles. The highest BCUT2D eigenvalue weighted by molar-refractivity contribution is 6.91. The molecule has 54 heavy (non-hydrogen) atoms. The van der Waals surface area contributed by atoms with E-state index in [1.54, 1.807) is 0 Å². The van der Waals surface area contributed by atoms with Crippen molar-refractivity contribution >= 4 is 144 Å². The van der Waals surface area contributed by atoms with Crippen molar-refractivity contribution in [2.24, 2.45) is 0 Å². The molecule has 3 aliphatic rings. The Labute approximate surface area is 351 Å². The van der Waals surface area contributed by atoms with Crippen LogP contribution in [-0.4, -0.2) is 144 Å². The Hall–Kier alpha value is 2.87. The highest BCUT2D eigenvalue weighted by atomic mass is 28.5. The van der Waals surface area contributed by atoms with Gasteiger partial charge < -0.3 is 61.7 Å². The summed E-state index contributed by atoms with van der Waals surface area (Å²) < 4.78 is 98.2. The van der Waals surface area contributed by atoms with Gasteiger partial charge in [-0.3, -0.25) is 0 Å². The van der Waals surface area contributed by atoms with Crippen molar-refractivity contribution in [3.05, 3.63) is 0 Å². The monoisotopic (exact) mass is 1040 g/mol. The van der Waals surface area contributed by atoms with Crippen molar-refractivity contribution in [1.82, 2.24) is 0 Å². The van der Waals surface area contributed by atoms with Gasteiger partial charge in [0.1, 0.15) is 0 Å². The summed E-state index contributed by atoms with van der Waals surface area (Å²) in [6.45, 7) is 36.7. The molecule has 0 aromatic carbocycles. The Morgan fingerprint density at radius 3 is 1.09 bits per heavy atom. The van der Waals surface area contributed by atoms with E-state index in [0.717, 1.165) is 36.3 Å². The summed E-state index contributed by atoms with van der Waals surface area (Å²) in [5.41, 5.74) is 0. The molecule has 3 aliphatic heterocycles. The summed E-state index contributed by atoms with van der Waals surface area (Å²) in [4.78, 5) is 0. The van der Waals surface area contributed by atoms with Crippen molar-refractivity contribution in [2.75, 3.05) is 0 Å². The fraction of sp³-hybridized carbons (Fsp3) is 1.00. The van der Waals surface area contributed by atoms with Crippen molar-refractivity contribution in [3.8, 4) is 0 Å². The van der Waals surface area contributed by atoms with Gasteiger partial charge in [-0.15, -0.1) is 0 Å². The Kier molecular flexibility index (Phi) is 21.1. The molecular weight excluding hydrogens is 966 g/mol. The maximum atomic E-state index is 7.40. The van der Waals surface area contributed by atoms with Crippen LogP contribution in [0.2, 0.25) is 148 Å². The highest BCUT2D eigenvalue weighted by Crippen LogP contribution is 2.34. The van der Waals surface area contributed by atoms with Gasteiger partial charge in [-0.1, -0.05) is 0 Å². The minimum atomic E-state index is -2.87. The fourth-order valence-corrected chi connectivity index (χ4v) is 73.5. The average molecular weight is 1040 g/mol. The second-order valence-electron chi connectivity index (χ2n) is 16.6. The highest BCUT2D eigenvalue weighted by Gasteiger charge is 2.49. The van der Waals surface area contributed by atoms with Gasteiger partial charge in [-0.25, -0.2) is 0 Å². The van der Waals surface area contributed by atoms with E-state index in [0.29, 0.717) is 0 Å². The molecular formula is C23H74O15Si16. The summed E-state index contributed by atoms with van der Waals surface area (Å²) >= 11 is 0. The molecule has 0 aromatic rings. The van der Waals surface area contributed by atoms with E-state index in [4.69, 9.17) is 61.7 Å². The zero-order valence-electron chi connectivity index (χ0n) is 36.2. The quantitative estimate of drug-likeness (QED) is 0.222. The van der Waals surface area contributed by atoms with E-state index >= 15 is 0 Å². The molecule has 15 nitrogen and oxygen atoms in total. The van der Waals surface area contributed by atoms with Gasteiger partial charge in [-0.2, -0.15) is 0 Å². The lowest BCUT2D eigenvalue weighted by Crippen LogP contribution is -2.59. The fourth-order valence-electron chi connectivity index (χ4n) is 7.34. The van der Waals surface area contributed by atoms with Gasteiger partial charge in [0.2, 0.25) is 0 Å². The number of hydrogen-bond acceptors (Lipinski definition) is 15. The predicted octanol–water partition coefficient (Wildman–Crippen LogP) is 2.63. The largest absolute Gasteiger partial charge is 0.436 e. The molecule has 3 saturated heterocycles. The van der Waals surface area contributed by atoms with Gasteiger partial charge in [0, 0.05) is 0 Å². The minimum Gasteiger partial charge on any atom is -0.436 e. The predicted molar refractivity (Wildman–Crippen MR) is 252 cm³/mol. The summed E-state index contributed by atoms with van der Waals surface area (Å²) in [6.07, 6.45) is 0. The molecule has 320 valence electrons. The molecule has 0 amide bonds. The van der Waals surface area contributed by atoms with E-state index in [1.165, 1.54) is 0 Å². The van der Waals surface area contributed by atoms with E-state index in [-0.39, 0.29) is 0 Å². The molecule has 3 heterocycles. The zero-order valence-corrected chi connectivity index (χ0v) is 53.9. The first-order chi connectivity index (χ1) is 24.7. The Morgan fingerprint density at radius 2 is 0.722 bits per heavy atom. The van der Waals surface area contributed by atoms with E-state index < -0.39 is 144 Å². The second kappa shape index (κ2) is 22.3. The van der Waals surface area contributed by atoms with Crippen LogP contribution >= 0.6 is 0 Å². The molecule has 3 fully saturated rings. The molecule has 31 heteroatoms. The third kappa shape index (κ3) is 19.7. The van der Waals surface area contributed by atoms with Crippen LogP contribution in [0.1, 0.15) is 0 Å². The standard InChI is InChI=1S/C23H74O15Si16/c1-39-24-42(4)30-48(31-43(5)25-39)18-20-50(10,11)36-52(14,15)38-54(17,23-22-53(16)34-46(8)28-41(3)29-47(9)35-53)37-51(12,13)21-19-49-32-44(6)26-40(2)27-45(7)33-49/h39-49H,18-23H2,1-17H3. The second-order valence-corrected chi connectivity index (χ2v) is 61.3. The van der Waals surface area contributed by atoms with Crippen molar-refractivity contribution < 1.29 is 61.7 Å². The molecule has 0 aromatic heterocycles. The summed E-state index contributed by atoms with van der Waals surface area (Å²) in [7, 11) is -32.5. The molecule has 0 N–H and O–H groups in total. The van der Waals surface area contributed by atoms with Crippen LogP contribution in [0, 0.1) is 0 Å². The molecule has 0 bridgehead atoms. The summed E-state index contributed by atoms with van der Waals surface area (Å²) in [5, 5.41) is 0. The zero-order chi connectivity index (χ0) is 40.7. The first-order valence-corrected chi connectivity index (χ1v) is 56.2. The third-order valence-corrected chi connectivity index (χ3v) is 65.3.